The van der Waals surface area contributed by atoms with E-state index in [1.165, 1.54) is 0 Å². The maximum absolute atomic E-state index is 9.06. The Balaban J connectivity index is 0.000000325. The van der Waals surface area contributed by atoms with Crippen LogP contribution in [-0.4, -0.2) is 18.3 Å². The van der Waals surface area contributed by atoms with E-state index in [4.69, 9.17) is 21.4 Å². The van der Waals surface area contributed by atoms with Crippen LogP contribution >= 0.6 is 11.6 Å². The topological polar surface area (TPSA) is 29.5 Å². The summed E-state index contributed by atoms with van der Waals surface area (Å²) < 4.78 is 4.90. The van der Waals surface area contributed by atoms with E-state index >= 15 is 0 Å². The minimum Gasteiger partial charge on any atom is -0.508 e. The molecule has 1 N–H and O–H groups in total. The molecule has 0 unspecified atom stereocenters. The Labute approximate surface area is 108 Å². The number of phenolic OH excluding ortho intramolecular Hbond substituents is 1. The average Bonchev–Trinajstić information content (AvgIpc) is 2.27. The lowest BCUT2D eigenvalue weighted by molar-refractivity contribution is 0.194. The van der Waals surface area contributed by atoms with Crippen LogP contribution in [0.5, 0.6) is 5.75 Å². The number of hydrogen-bond acceptors (Lipinski definition) is 2. The molecule has 0 aliphatic rings. The SMILES string of the molecule is C=CCOCC=C.Cc1cc(O)cc(C)c1Cl. The largest absolute Gasteiger partial charge is 0.508 e. The number of phenols is 1. The van der Waals surface area contributed by atoms with Crippen LogP contribution in [0.3, 0.4) is 0 Å². The molecule has 1 aromatic carbocycles. The molecular formula is C14H19ClO2. The first-order valence-electron chi connectivity index (χ1n) is 5.28. The minimum absolute atomic E-state index is 0.277. The Bertz CT molecular complexity index is 341. The third-order valence-corrected chi connectivity index (χ3v) is 2.49. The van der Waals surface area contributed by atoms with Gasteiger partial charge in [-0.1, -0.05) is 23.8 Å². The van der Waals surface area contributed by atoms with Gasteiger partial charge in [-0.2, -0.15) is 0 Å². The van der Waals surface area contributed by atoms with Crippen molar-refractivity contribution in [2.24, 2.45) is 0 Å². The summed E-state index contributed by atoms with van der Waals surface area (Å²) in [6, 6.07) is 3.30. The van der Waals surface area contributed by atoms with Crippen molar-refractivity contribution in [3.8, 4) is 5.75 Å². The second-order valence-electron chi connectivity index (χ2n) is 3.51. The van der Waals surface area contributed by atoms with Crippen molar-refractivity contribution in [2.75, 3.05) is 13.2 Å². The second-order valence-corrected chi connectivity index (χ2v) is 3.89. The molecule has 0 spiro atoms. The normalized spacial score (nSPS) is 9.12. The Hall–Kier alpha value is -1.25. The molecule has 0 atom stereocenters. The van der Waals surface area contributed by atoms with Crippen molar-refractivity contribution in [1.29, 1.82) is 0 Å². The molecule has 0 aliphatic heterocycles. The van der Waals surface area contributed by atoms with Crippen molar-refractivity contribution in [3.05, 3.63) is 53.6 Å². The van der Waals surface area contributed by atoms with Crippen LogP contribution in [0, 0.1) is 13.8 Å². The molecule has 0 fully saturated rings. The van der Waals surface area contributed by atoms with Gasteiger partial charge in [0.2, 0.25) is 0 Å². The van der Waals surface area contributed by atoms with Gasteiger partial charge in [-0.3, -0.25) is 0 Å². The molecule has 94 valence electrons. The third kappa shape index (κ3) is 6.82. The van der Waals surface area contributed by atoms with Gasteiger partial charge in [0.25, 0.3) is 0 Å². The van der Waals surface area contributed by atoms with Gasteiger partial charge >= 0.3 is 0 Å². The highest BCUT2D eigenvalue weighted by molar-refractivity contribution is 6.32. The van der Waals surface area contributed by atoms with E-state index in [0.717, 1.165) is 16.1 Å². The van der Waals surface area contributed by atoms with Gasteiger partial charge in [0, 0.05) is 5.02 Å². The molecule has 0 aliphatic carbocycles. The van der Waals surface area contributed by atoms with Crippen molar-refractivity contribution < 1.29 is 9.84 Å². The summed E-state index contributed by atoms with van der Waals surface area (Å²) in [7, 11) is 0. The summed E-state index contributed by atoms with van der Waals surface area (Å²) >= 11 is 5.84. The molecule has 1 aromatic rings. The summed E-state index contributed by atoms with van der Waals surface area (Å²) in [6.45, 7) is 11.9. The van der Waals surface area contributed by atoms with E-state index in [9.17, 15) is 0 Å². The molecule has 17 heavy (non-hydrogen) atoms. The molecule has 1 rings (SSSR count). The number of hydrogen-bond donors (Lipinski definition) is 1. The number of aryl methyl sites for hydroxylation is 2. The molecule has 0 radical (unpaired) electrons. The number of benzene rings is 1. The standard InChI is InChI=1S/C8H9ClO.C6H10O/c1-5-3-7(10)4-6(2)8(5)9;1-3-5-7-6-4-2/h3-4,10H,1-2H3;3-4H,1-2,5-6H2. The summed E-state index contributed by atoms with van der Waals surface area (Å²) in [4.78, 5) is 0. The average molecular weight is 255 g/mol. The molecule has 2 nitrogen and oxygen atoms in total. The van der Waals surface area contributed by atoms with E-state index in [2.05, 4.69) is 13.2 Å². The zero-order valence-electron chi connectivity index (χ0n) is 10.4. The van der Waals surface area contributed by atoms with Gasteiger partial charge in [-0.05, 0) is 37.1 Å². The molecule has 0 bridgehead atoms. The zero-order chi connectivity index (χ0) is 13.3. The van der Waals surface area contributed by atoms with Crippen molar-refractivity contribution in [1.82, 2.24) is 0 Å². The summed E-state index contributed by atoms with van der Waals surface area (Å²) in [6.07, 6.45) is 3.42. The van der Waals surface area contributed by atoms with Crippen LogP contribution in [0.4, 0.5) is 0 Å². The Morgan fingerprint density at radius 1 is 1.18 bits per heavy atom. The first-order chi connectivity index (χ1) is 8.02. The lowest BCUT2D eigenvalue weighted by atomic mass is 10.1. The Kier molecular flexibility index (Phi) is 8.20. The zero-order valence-corrected chi connectivity index (χ0v) is 11.1. The highest BCUT2D eigenvalue weighted by atomic mass is 35.5. The first kappa shape index (κ1) is 15.8. The first-order valence-corrected chi connectivity index (χ1v) is 5.66. The quantitative estimate of drug-likeness (QED) is 0.649. The van der Waals surface area contributed by atoms with E-state index in [0.29, 0.717) is 13.2 Å². The lowest BCUT2D eigenvalue weighted by Gasteiger charge is -2.01. The number of halogens is 1. The van der Waals surface area contributed by atoms with Crippen LogP contribution in [-0.2, 0) is 4.74 Å². The Morgan fingerprint density at radius 2 is 1.59 bits per heavy atom. The second kappa shape index (κ2) is 8.85. The Morgan fingerprint density at radius 3 is 1.94 bits per heavy atom. The van der Waals surface area contributed by atoms with E-state index in [1.807, 2.05) is 13.8 Å². The maximum Gasteiger partial charge on any atom is 0.116 e. The molecule has 3 heteroatoms. The minimum atomic E-state index is 0.277. The summed E-state index contributed by atoms with van der Waals surface area (Å²) in [5.74, 6) is 0.277. The predicted molar refractivity (Wildman–Crippen MR) is 73.8 cm³/mol. The van der Waals surface area contributed by atoms with Crippen LogP contribution in [0.2, 0.25) is 5.02 Å². The highest BCUT2D eigenvalue weighted by Gasteiger charge is 1.99. The monoisotopic (exact) mass is 254 g/mol. The lowest BCUT2D eigenvalue weighted by Crippen LogP contribution is -1.87. The van der Waals surface area contributed by atoms with Gasteiger partial charge < -0.3 is 9.84 Å². The van der Waals surface area contributed by atoms with Gasteiger partial charge in [-0.25, -0.2) is 0 Å². The maximum atomic E-state index is 9.06. The van der Waals surface area contributed by atoms with Crippen molar-refractivity contribution in [2.45, 2.75) is 13.8 Å². The van der Waals surface area contributed by atoms with Crippen molar-refractivity contribution in [3.63, 3.8) is 0 Å². The molecule has 0 saturated heterocycles. The van der Waals surface area contributed by atoms with Gasteiger partial charge in [0.05, 0.1) is 13.2 Å². The van der Waals surface area contributed by atoms with Crippen molar-refractivity contribution >= 4 is 11.6 Å². The van der Waals surface area contributed by atoms with E-state index < -0.39 is 0 Å². The smallest absolute Gasteiger partial charge is 0.116 e. The van der Waals surface area contributed by atoms with Crippen LogP contribution in [0.15, 0.2) is 37.4 Å². The number of ether oxygens (including phenoxy) is 1. The van der Waals surface area contributed by atoms with Gasteiger partial charge in [0.15, 0.2) is 0 Å². The predicted octanol–water partition coefficient (Wildman–Crippen LogP) is 4.04. The third-order valence-electron chi connectivity index (χ3n) is 1.89. The fraction of sp³-hybridized carbons (Fsp3) is 0.286. The molecule has 0 amide bonds. The molecule has 0 aromatic heterocycles. The molecule has 0 heterocycles. The van der Waals surface area contributed by atoms with Gasteiger partial charge in [-0.15, -0.1) is 13.2 Å². The van der Waals surface area contributed by atoms with Gasteiger partial charge in [0.1, 0.15) is 5.75 Å². The van der Waals surface area contributed by atoms with Crippen LogP contribution < -0.4 is 0 Å². The van der Waals surface area contributed by atoms with E-state index in [-0.39, 0.29) is 5.75 Å². The molecule has 0 saturated carbocycles. The fourth-order valence-electron chi connectivity index (χ4n) is 1.16. The van der Waals surface area contributed by atoms with Crippen LogP contribution in [0.25, 0.3) is 0 Å². The number of rotatable bonds is 4. The summed E-state index contributed by atoms with van der Waals surface area (Å²) in [5, 5.41) is 9.79. The highest BCUT2D eigenvalue weighted by Crippen LogP contribution is 2.24. The fourth-order valence-corrected chi connectivity index (χ4v) is 1.27. The number of aromatic hydroxyl groups is 1. The van der Waals surface area contributed by atoms with E-state index in [1.54, 1.807) is 24.3 Å². The van der Waals surface area contributed by atoms with Crippen LogP contribution in [0.1, 0.15) is 11.1 Å². The summed E-state index contributed by atoms with van der Waals surface area (Å²) in [5.41, 5.74) is 1.83. The molecular weight excluding hydrogens is 236 g/mol.